The first kappa shape index (κ1) is 21.3. The largest absolute Gasteiger partial charge is 0.573 e. The van der Waals surface area contributed by atoms with Gasteiger partial charge in [-0.05, 0) is 49.6 Å². The van der Waals surface area contributed by atoms with E-state index >= 15 is 0 Å². The number of urea groups is 1. The van der Waals surface area contributed by atoms with Crippen LogP contribution < -0.4 is 15.4 Å². The lowest BCUT2D eigenvalue weighted by Gasteiger charge is -2.10. The summed E-state index contributed by atoms with van der Waals surface area (Å²) in [6, 6.07) is 4.17. The number of aliphatic carboxylic acids is 1. The van der Waals surface area contributed by atoms with Crippen LogP contribution in [-0.2, 0) is 4.79 Å². The minimum Gasteiger partial charge on any atom is -0.476 e. The van der Waals surface area contributed by atoms with E-state index in [4.69, 9.17) is 5.11 Å². The van der Waals surface area contributed by atoms with Gasteiger partial charge in [-0.15, -0.1) is 13.2 Å². The zero-order valence-electron chi connectivity index (χ0n) is 13.6. The smallest absolute Gasteiger partial charge is 0.476 e. The number of anilines is 1. The molecule has 0 aromatic heterocycles. The first-order valence-electron chi connectivity index (χ1n) is 7.67. The van der Waals surface area contributed by atoms with Gasteiger partial charge in [0, 0.05) is 12.2 Å². The number of hydrogen-bond donors (Lipinski definition) is 3. The molecule has 0 fully saturated rings. The molecule has 0 atom stereocenters. The second-order valence-electron chi connectivity index (χ2n) is 5.16. The third kappa shape index (κ3) is 9.50. The second kappa shape index (κ2) is 10.3. The molecule has 3 N–H and O–H groups in total. The minimum atomic E-state index is -4.78. The van der Waals surface area contributed by atoms with E-state index in [9.17, 15) is 27.2 Å². The normalized spacial score (nSPS) is 11.8. The maximum atomic E-state index is 12.7. The number of carbonyl (C=O) groups excluding carboxylic acids is 1. The number of hydrogen-bond acceptors (Lipinski definition) is 3. The summed E-state index contributed by atoms with van der Waals surface area (Å²) in [6.45, 7) is 0.340. The van der Waals surface area contributed by atoms with Crippen molar-refractivity contribution in [1.82, 2.24) is 5.32 Å². The van der Waals surface area contributed by atoms with Crippen molar-refractivity contribution in [3.63, 3.8) is 0 Å². The van der Waals surface area contributed by atoms with E-state index in [0.29, 0.717) is 31.5 Å². The van der Waals surface area contributed by atoms with Crippen LogP contribution in [0.1, 0.15) is 25.7 Å². The Balaban J connectivity index is 2.20. The number of ether oxygens (including phenoxy) is 1. The Morgan fingerprint density at radius 3 is 2.35 bits per heavy atom. The summed E-state index contributed by atoms with van der Waals surface area (Å²) in [7, 11) is 0. The number of rotatable bonds is 9. The summed E-state index contributed by atoms with van der Waals surface area (Å²) < 4.78 is 52.4. The molecule has 0 unspecified atom stereocenters. The fourth-order valence-electron chi connectivity index (χ4n) is 1.88. The Morgan fingerprint density at radius 2 is 1.77 bits per heavy atom. The summed E-state index contributed by atoms with van der Waals surface area (Å²) in [4.78, 5) is 21.8. The lowest BCUT2D eigenvalue weighted by molar-refractivity contribution is -0.274. The van der Waals surface area contributed by atoms with E-state index in [0.717, 1.165) is 18.2 Å². The molecule has 0 aliphatic carbocycles. The molecule has 1 rings (SSSR count). The molecule has 0 radical (unpaired) electrons. The lowest BCUT2D eigenvalue weighted by Crippen LogP contribution is -2.29. The summed E-state index contributed by atoms with van der Waals surface area (Å²) in [5, 5.41) is 13.3. The maximum Gasteiger partial charge on any atom is 0.573 e. The van der Waals surface area contributed by atoms with Crippen molar-refractivity contribution < 1.29 is 37.0 Å². The van der Waals surface area contributed by atoms with Gasteiger partial charge < -0.3 is 20.5 Å². The standard InChI is InChI=1S/C16H18F4N2O4/c17-13(14(23)24)5-3-1-2-4-10-21-15(25)22-11-6-8-12(9-7-11)26-16(18,19)20/h5-9H,1-4,10H2,(H,23,24)(H2,21,22,25)/b13-5-. The van der Waals surface area contributed by atoms with Crippen molar-refractivity contribution in [3.8, 4) is 5.75 Å². The number of carboxylic acid groups (broad SMARTS) is 1. The van der Waals surface area contributed by atoms with Gasteiger partial charge in [0.05, 0.1) is 0 Å². The van der Waals surface area contributed by atoms with Crippen LogP contribution in [0.3, 0.4) is 0 Å². The number of carboxylic acids is 1. The molecular formula is C16H18F4N2O4. The molecule has 0 aliphatic heterocycles. The number of allylic oxidation sites excluding steroid dienone is 1. The van der Waals surface area contributed by atoms with Crippen LogP contribution in [0, 0.1) is 0 Å². The van der Waals surface area contributed by atoms with Gasteiger partial charge in [-0.3, -0.25) is 0 Å². The Hall–Kier alpha value is -2.78. The van der Waals surface area contributed by atoms with E-state index in [2.05, 4.69) is 15.4 Å². The van der Waals surface area contributed by atoms with Crippen molar-refractivity contribution in [2.75, 3.05) is 11.9 Å². The fraction of sp³-hybridized carbons (Fsp3) is 0.375. The van der Waals surface area contributed by atoms with Crippen LogP contribution in [-0.4, -0.2) is 30.0 Å². The molecule has 0 saturated heterocycles. The number of amides is 2. The summed E-state index contributed by atoms with van der Waals surface area (Å²) in [5.74, 6) is -3.17. The first-order valence-corrected chi connectivity index (χ1v) is 7.67. The number of halogens is 4. The highest BCUT2D eigenvalue weighted by molar-refractivity contribution is 5.89. The molecule has 10 heteroatoms. The summed E-state index contributed by atoms with van der Waals surface area (Å²) in [5.41, 5.74) is 0.298. The Kier molecular flexibility index (Phi) is 8.40. The zero-order chi connectivity index (χ0) is 19.6. The molecule has 0 aliphatic rings. The third-order valence-electron chi connectivity index (χ3n) is 3.04. The fourth-order valence-corrected chi connectivity index (χ4v) is 1.88. The second-order valence-corrected chi connectivity index (χ2v) is 5.16. The molecule has 6 nitrogen and oxygen atoms in total. The average molecular weight is 378 g/mol. The van der Waals surface area contributed by atoms with E-state index in [1.165, 1.54) is 12.1 Å². The molecule has 0 saturated carbocycles. The van der Waals surface area contributed by atoms with Crippen molar-refractivity contribution in [1.29, 1.82) is 0 Å². The van der Waals surface area contributed by atoms with Crippen LogP contribution >= 0.6 is 0 Å². The molecule has 1 aromatic carbocycles. The Morgan fingerprint density at radius 1 is 1.12 bits per heavy atom. The highest BCUT2D eigenvalue weighted by Crippen LogP contribution is 2.23. The van der Waals surface area contributed by atoms with Gasteiger partial charge >= 0.3 is 18.4 Å². The number of benzene rings is 1. The van der Waals surface area contributed by atoms with Gasteiger partial charge in [-0.2, -0.15) is 4.39 Å². The van der Waals surface area contributed by atoms with Crippen LogP contribution in [0.2, 0.25) is 0 Å². The van der Waals surface area contributed by atoms with E-state index in [1.54, 1.807) is 0 Å². The highest BCUT2D eigenvalue weighted by Gasteiger charge is 2.30. The van der Waals surface area contributed by atoms with Crippen LogP contribution in [0.5, 0.6) is 5.75 Å². The molecule has 144 valence electrons. The molecular weight excluding hydrogens is 360 g/mol. The van der Waals surface area contributed by atoms with Crippen molar-refractivity contribution in [2.45, 2.75) is 32.0 Å². The summed E-state index contributed by atoms with van der Waals surface area (Å²) in [6.07, 6.45) is -1.65. The van der Waals surface area contributed by atoms with Gasteiger partial charge in [0.25, 0.3) is 0 Å². The van der Waals surface area contributed by atoms with Gasteiger partial charge in [0.1, 0.15) is 5.75 Å². The van der Waals surface area contributed by atoms with Crippen LogP contribution in [0.15, 0.2) is 36.2 Å². The predicted octanol–water partition coefficient (Wildman–Crippen LogP) is 4.21. The number of nitrogens with one attached hydrogen (secondary N) is 2. The Bertz CT molecular complexity index is 630. The quantitative estimate of drug-likeness (QED) is 0.341. The number of carbonyl (C=O) groups is 2. The molecule has 2 amide bonds. The van der Waals surface area contributed by atoms with Gasteiger partial charge in [0.2, 0.25) is 5.83 Å². The van der Waals surface area contributed by atoms with Crippen LogP contribution in [0.25, 0.3) is 0 Å². The van der Waals surface area contributed by atoms with Crippen molar-refractivity contribution in [2.24, 2.45) is 0 Å². The molecule has 0 spiro atoms. The summed E-state index contributed by atoms with van der Waals surface area (Å²) >= 11 is 0. The van der Waals surface area contributed by atoms with Crippen LogP contribution in [0.4, 0.5) is 28.0 Å². The van der Waals surface area contributed by atoms with Crippen molar-refractivity contribution in [3.05, 3.63) is 36.2 Å². The van der Waals surface area contributed by atoms with Gasteiger partial charge in [0.15, 0.2) is 0 Å². The molecule has 26 heavy (non-hydrogen) atoms. The van der Waals surface area contributed by atoms with Gasteiger partial charge in [-0.1, -0.05) is 6.42 Å². The van der Waals surface area contributed by atoms with E-state index in [1.807, 2.05) is 0 Å². The molecule has 1 aromatic rings. The van der Waals surface area contributed by atoms with Crippen molar-refractivity contribution >= 4 is 17.7 Å². The predicted molar refractivity (Wildman–Crippen MR) is 85.4 cm³/mol. The van der Waals surface area contributed by atoms with E-state index < -0.39 is 29.9 Å². The Labute approximate surface area is 146 Å². The monoisotopic (exact) mass is 378 g/mol. The minimum absolute atomic E-state index is 0.288. The molecule has 0 bridgehead atoms. The maximum absolute atomic E-state index is 12.7. The van der Waals surface area contributed by atoms with Gasteiger partial charge in [-0.25, -0.2) is 9.59 Å². The average Bonchev–Trinajstić information content (AvgIpc) is 2.54. The number of alkyl halides is 3. The molecule has 0 heterocycles. The number of unbranched alkanes of at least 4 members (excludes halogenated alkanes) is 3. The SMILES string of the molecule is O=C(NCCCCC/C=C(\F)C(=O)O)Nc1ccc(OC(F)(F)F)cc1. The highest BCUT2D eigenvalue weighted by atomic mass is 19.4. The lowest BCUT2D eigenvalue weighted by atomic mass is 10.2. The first-order chi connectivity index (χ1) is 12.2. The zero-order valence-corrected chi connectivity index (χ0v) is 13.6. The van der Waals surface area contributed by atoms with E-state index in [-0.39, 0.29) is 6.42 Å². The third-order valence-corrected chi connectivity index (χ3v) is 3.04. The topological polar surface area (TPSA) is 87.7 Å².